The minimum Gasteiger partial charge on any atom is -0.504 e. The first-order valence-electron chi connectivity index (χ1n) is 3.29. The number of halogens is 1. The lowest BCUT2D eigenvalue weighted by molar-refractivity contribution is 0.332. The first-order chi connectivity index (χ1) is 5.77. The Balaban J connectivity index is 2.49. The van der Waals surface area contributed by atoms with Gasteiger partial charge in [0.25, 0.3) is 0 Å². The van der Waals surface area contributed by atoms with E-state index < -0.39 is 0 Å². The molecule has 0 radical (unpaired) electrons. The monoisotopic (exact) mass is 228 g/mol. The van der Waals surface area contributed by atoms with Crippen molar-refractivity contribution in [2.45, 2.75) is 0 Å². The Morgan fingerprint density at radius 1 is 1.33 bits per heavy atom. The number of phenolic OH excluding ortho intramolecular Hbond substituents is 1. The molecule has 0 amide bonds. The Kier molecular flexibility index (Phi) is 1.69. The van der Waals surface area contributed by atoms with Crippen molar-refractivity contribution in [2.24, 2.45) is 0 Å². The molecule has 0 atom stereocenters. The normalized spacial score (nSPS) is 13.9. The van der Waals surface area contributed by atoms with Crippen LogP contribution in [-0.4, -0.2) is 5.11 Å². The molecule has 0 bridgehead atoms. The smallest absolute Gasteiger partial charge is 0.212 e. The molecule has 62 valence electrons. The van der Waals surface area contributed by atoms with Crippen LogP contribution in [0.2, 0.25) is 0 Å². The van der Waals surface area contributed by atoms with Gasteiger partial charge in [-0.05, 0) is 28.1 Å². The number of para-hydroxylation sites is 1. The zero-order valence-corrected chi connectivity index (χ0v) is 7.54. The number of aromatic hydroxyl groups is 1. The van der Waals surface area contributed by atoms with Gasteiger partial charge in [0.15, 0.2) is 11.5 Å². The maximum atomic E-state index is 9.32. The molecule has 0 saturated heterocycles. The predicted molar refractivity (Wildman–Crippen MR) is 46.4 cm³/mol. The molecular weight excluding hydrogens is 224 g/mol. The van der Waals surface area contributed by atoms with E-state index in [1.807, 2.05) is 0 Å². The van der Waals surface area contributed by atoms with Gasteiger partial charge in [-0.15, -0.1) is 0 Å². The third-order valence-electron chi connectivity index (χ3n) is 1.44. The van der Waals surface area contributed by atoms with Gasteiger partial charge in [0.2, 0.25) is 10.4 Å². The lowest BCUT2D eigenvalue weighted by atomic mass is 10.3. The summed E-state index contributed by atoms with van der Waals surface area (Å²) >= 11 is 3.10. The average molecular weight is 229 g/mol. The van der Waals surface area contributed by atoms with Crippen LogP contribution in [-0.2, 0) is 0 Å². The summed E-state index contributed by atoms with van der Waals surface area (Å²) in [5, 5.41) is 9.32. The Bertz CT molecular complexity index is 346. The fraction of sp³-hybridized carbons (Fsp3) is 0. The van der Waals surface area contributed by atoms with Crippen molar-refractivity contribution in [3.8, 4) is 17.2 Å². The fourth-order valence-electron chi connectivity index (χ4n) is 0.931. The summed E-state index contributed by atoms with van der Waals surface area (Å²) in [6.45, 7) is 0. The average Bonchev–Trinajstić information content (AvgIpc) is 2.07. The fourth-order valence-corrected chi connectivity index (χ4v) is 1.19. The summed E-state index contributed by atoms with van der Waals surface area (Å²) in [5.41, 5.74) is 0. The van der Waals surface area contributed by atoms with Crippen molar-refractivity contribution >= 4 is 15.9 Å². The molecule has 3 nitrogen and oxygen atoms in total. The number of hydrogen-bond donors (Lipinski definition) is 1. The van der Waals surface area contributed by atoms with Crippen LogP contribution in [0.15, 0.2) is 29.1 Å². The molecule has 1 aliphatic heterocycles. The zero-order valence-electron chi connectivity index (χ0n) is 5.95. The van der Waals surface area contributed by atoms with E-state index in [0.717, 1.165) is 0 Å². The zero-order chi connectivity index (χ0) is 8.55. The van der Waals surface area contributed by atoms with E-state index in [1.54, 1.807) is 12.1 Å². The molecule has 2 rings (SSSR count). The van der Waals surface area contributed by atoms with E-state index in [4.69, 9.17) is 9.47 Å². The highest BCUT2D eigenvalue weighted by Crippen LogP contribution is 2.40. The SMILES string of the molecule is Oc1cccc2c1OC(Br)=CO2. The van der Waals surface area contributed by atoms with E-state index in [9.17, 15) is 5.11 Å². The Morgan fingerprint density at radius 2 is 2.17 bits per heavy atom. The van der Waals surface area contributed by atoms with Crippen LogP contribution in [0.1, 0.15) is 0 Å². The summed E-state index contributed by atoms with van der Waals surface area (Å²) in [5.74, 6) is 0.919. The van der Waals surface area contributed by atoms with E-state index in [1.165, 1.54) is 12.3 Å². The van der Waals surface area contributed by atoms with Crippen LogP contribution in [0.25, 0.3) is 0 Å². The van der Waals surface area contributed by atoms with Gasteiger partial charge in [0.1, 0.15) is 6.26 Å². The molecule has 0 fully saturated rings. The first kappa shape index (κ1) is 7.49. The van der Waals surface area contributed by atoms with Crippen molar-refractivity contribution in [1.29, 1.82) is 0 Å². The maximum absolute atomic E-state index is 9.32. The largest absolute Gasteiger partial charge is 0.504 e. The third kappa shape index (κ3) is 1.14. The molecule has 0 aromatic heterocycles. The number of phenols is 1. The van der Waals surface area contributed by atoms with Crippen molar-refractivity contribution < 1.29 is 14.6 Å². The lowest BCUT2D eigenvalue weighted by Gasteiger charge is -2.15. The lowest BCUT2D eigenvalue weighted by Crippen LogP contribution is -1.99. The van der Waals surface area contributed by atoms with E-state index in [2.05, 4.69) is 15.9 Å². The molecule has 1 aromatic rings. The predicted octanol–water partition coefficient (Wildman–Crippen LogP) is 2.36. The van der Waals surface area contributed by atoms with Gasteiger partial charge in [0, 0.05) is 0 Å². The van der Waals surface area contributed by atoms with E-state index >= 15 is 0 Å². The molecule has 0 unspecified atom stereocenters. The van der Waals surface area contributed by atoms with Gasteiger partial charge in [-0.25, -0.2) is 0 Å². The van der Waals surface area contributed by atoms with Crippen molar-refractivity contribution in [2.75, 3.05) is 0 Å². The van der Waals surface area contributed by atoms with Gasteiger partial charge >= 0.3 is 0 Å². The molecule has 1 N–H and O–H groups in total. The van der Waals surface area contributed by atoms with Gasteiger partial charge < -0.3 is 14.6 Å². The van der Waals surface area contributed by atoms with Crippen molar-refractivity contribution in [3.63, 3.8) is 0 Å². The second kappa shape index (κ2) is 2.71. The molecular formula is C8H5BrO3. The molecule has 1 heterocycles. The van der Waals surface area contributed by atoms with Crippen LogP contribution in [0.4, 0.5) is 0 Å². The van der Waals surface area contributed by atoms with Gasteiger partial charge in [-0.3, -0.25) is 0 Å². The topological polar surface area (TPSA) is 38.7 Å². The summed E-state index contributed by atoms with van der Waals surface area (Å²) in [4.78, 5) is 0. The number of rotatable bonds is 0. The minimum absolute atomic E-state index is 0.0672. The van der Waals surface area contributed by atoms with Crippen LogP contribution >= 0.6 is 15.9 Å². The van der Waals surface area contributed by atoms with Crippen LogP contribution in [0, 0.1) is 0 Å². The van der Waals surface area contributed by atoms with Gasteiger partial charge in [-0.1, -0.05) is 6.07 Å². The molecule has 1 aromatic carbocycles. The van der Waals surface area contributed by atoms with Crippen LogP contribution in [0.3, 0.4) is 0 Å². The number of hydrogen-bond acceptors (Lipinski definition) is 3. The number of benzene rings is 1. The van der Waals surface area contributed by atoms with E-state index in [0.29, 0.717) is 16.2 Å². The quantitative estimate of drug-likeness (QED) is 0.742. The highest BCUT2D eigenvalue weighted by atomic mass is 79.9. The van der Waals surface area contributed by atoms with E-state index in [-0.39, 0.29) is 5.75 Å². The van der Waals surface area contributed by atoms with Crippen LogP contribution < -0.4 is 9.47 Å². The molecule has 1 aliphatic rings. The molecule has 0 spiro atoms. The molecule has 0 aliphatic carbocycles. The highest BCUT2D eigenvalue weighted by Gasteiger charge is 2.15. The summed E-state index contributed by atoms with van der Waals surface area (Å²) < 4.78 is 10.7. The Labute approximate surface area is 77.4 Å². The molecule has 12 heavy (non-hydrogen) atoms. The standard InChI is InChI=1S/C8H5BrO3/c9-7-4-11-6-3-1-2-5(10)8(6)12-7/h1-4,10H. The Hall–Kier alpha value is -1.16. The highest BCUT2D eigenvalue weighted by molar-refractivity contribution is 9.11. The van der Waals surface area contributed by atoms with Crippen LogP contribution in [0.5, 0.6) is 17.2 Å². The number of ether oxygens (including phenoxy) is 2. The third-order valence-corrected chi connectivity index (χ3v) is 1.79. The summed E-state index contributed by atoms with van der Waals surface area (Å²) in [6.07, 6.45) is 1.42. The van der Waals surface area contributed by atoms with Crippen molar-refractivity contribution in [1.82, 2.24) is 0 Å². The van der Waals surface area contributed by atoms with Crippen molar-refractivity contribution in [3.05, 3.63) is 29.1 Å². The van der Waals surface area contributed by atoms with Gasteiger partial charge in [-0.2, -0.15) is 0 Å². The van der Waals surface area contributed by atoms with Gasteiger partial charge in [0.05, 0.1) is 0 Å². The maximum Gasteiger partial charge on any atom is 0.212 e. The molecule has 0 saturated carbocycles. The minimum atomic E-state index is 0.0672. The number of fused-ring (bicyclic) bond motifs is 1. The second-order valence-electron chi connectivity index (χ2n) is 2.25. The molecule has 4 heteroatoms. The first-order valence-corrected chi connectivity index (χ1v) is 4.09. The summed E-state index contributed by atoms with van der Waals surface area (Å²) in [7, 11) is 0. The Morgan fingerprint density at radius 3 is 3.00 bits per heavy atom. The summed E-state index contributed by atoms with van der Waals surface area (Å²) in [6, 6.07) is 4.93. The second-order valence-corrected chi connectivity index (χ2v) is 3.03.